The first-order valence-corrected chi connectivity index (χ1v) is 7.82. The van der Waals surface area contributed by atoms with E-state index in [0.29, 0.717) is 31.2 Å². The molecular formula is C15H26N2O3. The van der Waals surface area contributed by atoms with E-state index in [1.807, 2.05) is 0 Å². The second kappa shape index (κ2) is 7.07. The summed E-state index contributed by atoms with van der Waals surface area (Å²) in [5.74, 6) is 0.0349. The first-order chi connectivity index (χ1) is 9.59. The Morgan fingerprint density at radius 2 is 2.10 bits per heavy atom. The summed E-state index contributed by atoms with van der Waals surface area (Å²) in [6.07, 6.45) is 5.25. The molecule has 2 N–H and O–H groups in total. The molecule has 0 radical (unpaired) electrons. The van der Waals surface area contributed by atoms with Gasteiger partial charge in [-0.25, -0.2) is 4.79 Å². The molecule has 0 bridgehead atoms. The van der Waals surface area contributed by atoms with E-state index in [-0.39, 0.29) is 5.91 Å². The summed E-state index contributed by atoms with van der Waals surface area (Å²) in [4.78, 5) is 25.3. The predicted molar refractivity (Wildman–Crippen MR) is 76.4 cm³/mol. The van der Waals surface area contributed by atoms with Gasteiger partial charge >= 0.3 is 5.97 Å². The molecule has 2 unspecified atom stereocenters. The normalized spacial score (nSPS) is 28.9. The molecule has 0 aromatic heterocycles. The fourth-order valence-corrected chi connectivity index (χ4v) is 3.41. The van der Waals surface area contributed by atoms with Crippen LogP contribution in [0.2, 0.25) is 0 Å². The number of hydrogen-bond donors (Lipinski definition) is 2. The Labute approximate surface area is 120 Å². The lowest BCUT2D eigenvalue weighted by molar-refractivity contribution is -0.152. The van der Waals surface area contributed by atoms with Gasteiger partial charge in [-0.3, -0.25) is 4.79 Å². The minimum atomic E-state index is -0.856. The van der Waals surface area contributed by atoms with E-state index in [2.05, 4.69) is 12.2 Å². The van der Waals surface area contributed by atoms with Gasteiger partial charge in [0.2, 0.25) is 5.91 Å². The molecule has 2 aliphatic heterocycles. The quantitative estimate of drug-likeness (QED) is 0.819. The molecule has 0 aromatic carbocycles. The van der Waals surface area contributed by atoms with Gasteiger partial charge in [-0.2, -0.15) is 0 Å². The van der Waals surface area contributed by atoms with Gasteiger partial charge in [0.1, 0.15) is 6.04 Å². The number of likely N-dealkylation sites (tertiary alicyclic amines) is 1. The Kier molecular flexibility index (Phi) is 5.40. The molecule has 0 saturated carbocycles. The maximum atomic E-state index is 12.4. The number of carbonyl (C=O) groups excluding carboxylic acids is 1. The van der Waals surface area contributed by atoms with E-state index in [0.717, 1.165) is 25.9 Å². The minimum absolute atomic E-state index is 0.0233. The zero-order chi connectivity index (χ0) is 14.5. The van der Waals surface area contributed by atoms with E-state index in [1.54, 1.807) is 4.90 Å². The van der Waals surface area contributed by atoms with Crippen LogP contribution in [0.3, 0.4) is 0 Å². The average Bonchev–Trinajstić information content (AvgIpc) is 2.48. The third-order valence-electron chi connectivity index (χ3n) is 4.74. The number of nitrogens with zero attached hydrogens (tertiary/aromatic N) is 1. The van der Waals surface area contributed by atoms with Gasteiger partial charge in [-0.1, -0.05) is 6.92 Å². The Morgan fingerprint density at radius 3 is 2.75 bits per heavy atom. The molecule has 2 fully saturated rings. The van der Waals surface area contributed by atoms with Crippen molar-refractivity contribution < 1.29 is 14.7 Å². The van der Waals surface area contributed by atoms with Gasteiger partial charge < -0.3 is 15.3 Å². The maximum absolute atomic E-state index is 12.4. The molecule has 0 spiro atoms. The smallest absolute Gasteiger partial charge is 0.326 e. The first kappa shape index (κ1) is 15.3. The van der Waals surface area contributed by atoms with Crippen molar-refractivity contribution in [2.24, 2.45) is 11.8 Å². The lowest BCUT2D eigenvalue weighted by atomic mass is 9.85. The van der Waals surface area contributed by atoms with Gasteiger partial charge in [0, 0.05) is 13.0 Å². The minimum Gasteiger partial charge on any atom is -0.480 e. The molecule has 5 heteroatoms. The number of aliphatic carboxylic acids is 1. The fraction of sp³-hybridized carbons (Fsp3) is 0.867. The summed E-state index contributed by atoms with van der Waals surface area (Å²) in [6.45, 7) is 4.78. The van der Waals surface area contributed by atoms with Gasteiger partial charge in [0.15, 0.2) is 0 Å². The van der Waals surface area contributed by atoms with Gasteiger partial charge in [0.25, 0.3) is 0 Å². The number of carbonyl (C=O) groups is 2. The summed E-state index contributed by atoms with van der Waals surface area (Å²) in [5.41, 5.74) is 0. The first-order valence-electron chi connectivity index (χ1n) is 7.82. The summed E-state index contributed by atoms with van der Waals surface area (Å²) >= 11 is 0. The van der Waals surface area contributed by atoms with Gasteiger partial charge in [0.05, 0.1) is 0 Å². The van der Waals surface area contributed by atoms with Crippen molar-refractivity contribution in [2.45, 2.75) is 51.5 Å². The Bertz CT molecular complexity index is 353. The SMILES string of the molecule is CC(CC(=O)N1CCCC[C@H]1C(=O)O)C1CCCNC1. The van der Waals surface area contributed by atoms with Crippen molar-refractivity contribution >= 4 is 11.9 Å². The zero-order valence-corrected chi connectivity index (χ0v) is 12.3. The number of hydrogen-bond acceptors (Lipinski definition) is 3. The van der Waals surface area contributed by atoms with E-state index in [1.165, 1.54) is 12.8 Å². The third-order valence-corrected chi connectivity index (χ3v) is 4.74. The number of nitrogens with one attached hydrogen (secondary N) is 1. The molecule has 2 heterocycles. The molecule has 0 aliphatic carbocycles. The molecule has 0 aromatic rings. The number of carboxylic acid groups (broad SMARTS) is 1. The van der Waals surface area contributed by atoms with E-state index in [9.17, 15) is 14.7 Å². The van der Waals surface area contributed by atoms with Crippen LogP contribution in [0, 0.1) is 11.8 Å². The third kappa shape index (κ3) is 3.72. The summed E-state index contributed by atoms with van der Waals surface area (Å²) in [5, 5.41) is 12.6. The monoisotopic (exact) mass is 282 g/mol. The molecule has 2 saturated heterocycles. The molecule has 5 nitrogen and oxygen atoms in total. The van der Waals surface area contributed by atoms with Crippen molar-refractivity contribution in [3.8, 4) is 0 Å². The Morgan fingerprint density at radius 1 is 1.30 bits per heavy atom. The van der Waals surface area contributed by atoms with Crippen molar-refractivity contribution in [1.29, 1.82) is 0 Å². The van der Waals surface area contributed by atoms with Crippen molar-refractivity contribution in [2.75, 3.05) is 19.6 Å². The summed E-state index contributed by atoms with van der Waals surface area (Å²) in [6, 6.07) is -0.604. The molecule has 2 rings (SSSR count). The zero-order valence-electron chi connectivity index (χ0n) is 12.3. The number of amides is 1. The molecule has 20 heavy (non-hydrogen) atoms. The highest BCUT2D eigenvalue weighted by molar-refractivity contribution is 5.84. The van der Waals surface area contributed by atoms with Gasteiger partial charge in [-0.05, 0) is 57.0 Å². The predicted octanol–water partition coefficient (Wildman–Crippen LogP) is 1.48. The maximum Gasteiger partial charge on any atom is 0.326 e. The topological polar surface area (TPSA) is 69.6 Å². The standard InChI is InChI=1S/C15H26N2O3/c1-11(12-5-4-7-16-10-12)9-14(18)17-8-3-2-6-13(17)15(19)20/h11-13,16H,2-10H2,1H3,(H,19,20)/t11?,12?,13-/m0/s1. The van der Waals surface area contributed by atoms with E-state index < -0.39 is 12.0 Å². The molecule has 3 atom stereocenters. The summed E-state index contributed by atoms with van der Waals surface area (Å²) < 4.78 is 0. The van der Waals surface area contributed by atoms with Crippen LogP contribution in [0.15, 0.2) is 0 Å². The number of rotatable bonds is 4. The molecule has 1 amide bonds. The largest absolute Gasteiger partial charge is 0.480 e. The lowest BCUT2D eigenvalue weighted by Gasteiger charge is -2.35. The van der Waals surface area contributed by atoms with Crippen molar-refractivity contribution in [3.63, 3.8) is 0 Å². The highest BCUT2D eigenvalue weighted by Crippen LogP contribution is 2.25. The average molecular weight is 282 g/mol. The number of piperidine rings is 2. The van der Waals surface area contributed by atoms with E-state index in [4.69, 9.17) is 0 Å². The Hall–Kier alpha value is -1.10. The van der Waals surface area contributed by atoms with Crippen LogP contribution in [-0.2, 0) is 9.59 Å². The second-order valence-electron chi connectivity index (χ2n) is 6.22. The van der Waals surface area contributed by atoms with Crippen molar-refractivity contribution in [3.05, 3.63) is 0 Å². The lowest BCUT2D eigenvalue weighted by Crippen LogP contribution is -2.48. The second-order valence-corrected chi connectivity index (χ2v) is 6.22. The number of carboxylic acids is 1. The highest BCUT2D eigenvalue weighted by atomic mass is 16.4. The van der Waals surface area contributed by atoms with Crippen LogP contribution < -0.4 is 5.32 Å². The van der Waals surface area contributed by atoms with Crippen LogP contribution in [0.4, 0.5) is 0 Å². The van der Waals surface area contributed by atoms with Crippen LogP contribution in [0.5, 0.6) is 0 Å². The van der Waals surface area contributed by atoms with Crippen LogP contribution in [0.25, 0.3) is 0 Å². The highest BCUT2D eigenvalue weighted by Gasteiger charge is 2.33. The summed E-state index contributed by atoms with van der Waals surface area (Å²) in [7, 11) is 0. The van der Waals surface area contributed by atoms with Crippen LogP contribution in [0.1, 0.15) is 45.4 Å². The molecule has 2 aliphatic rings. The van der Waals surface area contributed by atoms with Crippen LogP contribution >= 0.6 is 0 Å². The molecular weight excluding hydrogens is 256 g/mol. The Balaban J connectivity index is 1.90. The molecule has 114 valence electrons. The fourth-order valence-electron chi connectivity index (χ4n) is 3.41. The van der Waals surface area contributed by atoms with Gasteiger partial charge in [-0.15, -0.1) is 0 Å². The van der Waals surface area contributed by atoms with E-state index >= 15 is 0 Å². The van der Waals surface area contributed by atoms with Crippen LogP contribution in [-0.4, -0.2) is 47.6 Å². The van der Waals surface area contributed by atoms with Crippen molar-refractivity contribution in [1.82, 2.24) is 10.2 Å².